The highest BCUT2D eigenvalue weighted by molar-refractivity contribution is 9.11. The lowest BCUT2D eigenvalue weighted by Gasteiger charge is -2.42. The Bertz CT molecular complexity index is 346. The Morgan fingerprint density at radius 1 is 1.62 bits per heavy atom. The van der Waals surface area contributed by atoms with Gasteiger partial charge in [0.25, 0.3) is 0 Å². The largest absolute Gasteiger partial charge is 0.396 e. The number of aliphatic hydroxyl groups excluding tert-OH is 1. The molecule has 1 aliphatic heterocycles. The molecule has 2 heterocycles. The molecular weight excluding hydrogens is 290 g/mol. The minimum atomic E-state index is -0.0258. The van der Waals surface area contributed by atoms with Crippen LogP contribution in [0.25, 0.3) is 0 Å². The molecular formula is C11H16BrNO2S. The molecule has 5 heteroatoms. The summed E-state index contributed by atoms with van der Waals surface area (Å²) in [5.74, 6) is 0. The zero-order valence-electron chi connectivity index (χ0n) is 9.28. The van der Waals surface area contributed by atoms with Crippen LogP contribution in [0.15, 0.2) is 15.2 Å². The molecule has 0 amide bonds. The van der Waals surface area contributed by atoms with Crippen LogP contribution >= 0.6 is 27.3 Å². The van der Waals surface area contributed by atoms with E-state index in [9.17, 15) is 5.11 Å². The van der Waals surface area contributed by atoms with Gasteiger partial charge in [-0.25, -0.2) is 0 Å². The first-order valence-electron chi connectivity index (χ1n) is 5.24. The SMILES string of the molecule is CN(Cc1csc(Br)c1)CC1(CO)COC1. The second-order valence-corrected chi connectivity index (χ2v) is 6.87. The van der Waals surface area contributed by atoms with Gasteiger partial charge < -0.3 is 14.7 Å². The van der Waals surface area contributed by atoms with Crippen molar-refractivity contribution in [2.75, 3.05) is 33.4 Å². The molecule has 0 radical (unpaired) electrons. The summed E-state index contributed by atoms with van der Waals surface area (Å²) in [4.78, 5) is 2.24. The van der Waals surface area contributed by atoms with E-state index in [1.807, 2.05) is 0 Å². The number of hydrogen-bond donors (Lipinski definition) is 1. The molecule has 16 heavy (non-hydrogen) atoms. The molecule has 0 atom stereocenters. The zero-order chi connectivity index (χ0) is 11.6. The molecule has 0 aromatic carbocycles. The van der Waals surface area contributed by atoms with Crippen LogP contribution in [-0.4, -0.2) is 43.4 Å². The average Bonchev–Trinajstić information content (AvgIpc) is 2.57. The Morgan fingerprint density at radius 3 is 2.81 bits per heavy atom. The summed E-state index contributed by atoms with van der Waals surface area (Å²) in [7, 11) is 2.08. The number of halogens is 1. The van der Waals surface area contributed by atoms with E-state index >= 15 is 0 Å². The number of rotatable bonds is 5. The molecule has 90 valence electrons. The molecule has 1 aromatic heterocycles. The zero-order valence-corrected chi connectivity index (χ0v) is 11.7. The lowest BCUT2D eigenvalue weighted by molar-refractivity contribution is -0.147. The van der Waals surface area contributed by atoms with E-state index in [1.54, 1.807) is 11.3 Å². The van der Waals surface area contributed by atoms with Crippen LogP contribution in [0, 0.1) is 5.41 Å². The standard InChI is InChI=1S/C11H16BrNO2S/c1-13(3-9-2-10(12)16-4-9)5-11(6-14)7-15-8-11/h2,4,14H,3,5-8H2,1H3. The maximum atomic E-state index is 9.34. The third-order valence-corrected chi connectivity index (χ3v) is 4.38. The van der Waals surface area contributed by atoms with Crippen molar-refractivity contribution in [3.63, 3.8) is 0 Å². The first-order valence-corrected chi connectivity index (χ1v) is 6.91. The molecule has 1 aliphatic rings. The maximum Gasteiger partial charge on any atom is 0.0701 e. The molecule has 0 spiro atoms. The molecule has 3 nitrogen and oxygen atoms in total. The van der Waals surface area contributed by atoms with Gasteiger partial charge in [-0.1, -0.05) is 0 Å². The number of ether oxygens (including phenoxy) is 1. The quantitative estimate of drug-likeness (QED) is 0.902. The Labute approximate surface area is 108 Å². The fourth-order valence-electron chi connectivity index (χ4n) is 1.99. The van der Waals surface area contributed by atoms with Crippen molar-refractivity contribution >= 4 is 27.3 Å². The van der Waals surface area contributed by atoms with Gasteiger partial charge in [0.2, 0.25) is 0 Å². The van der Waals surface area contributed by atoms with E-state index in [4.69, 9.17) is 4.74 Å². The van der Waals surface area contributed by atoms with Crippen molar-refractivity contribution in [3.8, 4) is 0 Å². The Kier molecular flexibility index (Phi) is 4.02. The first-order chi connectivity index (χ1) is 7.63. The molecule has 0 unspecified atom stereocenters. The van der Waals surface area contributed by atoms with Crippen LogP contribution in [0.4, 0.5) is 0 Å². The van der Waals surface area contributed by atoms with Gasteiger partial charge in [-0.15, -0.1) is 11.3 Å². The van der Waals surface area contributed by atoms with Gasteiger partial charge in [-0.3, -0.25) is 0 Å². The highest BCUT2D eigenvalue weighted by Gasteiger charge is 2.38. The average molecular weight is 306 g/mol. The highest BCUT2D eigenvalue weighted by Crippen LogP contribution is 2.28. The summed E-state index contributed by atoms with van der Waals surface area (Å²) in [6.45, 7) is 3.38. The maximum absolute atomic E-state index is 9.34. The van der Waals surface area contributed by atoms with Crippen LogP contribution in [0.5, 0.6) is 0 Å². The van der Waals surface area contributed by atoms with Crippen molar-refractivity contribution in [3.05, 3.63) is 20.8 Å². The van der Waals surface area contributed by atoms with Gasteiger partial charge in [0, 0.05) is 13.1 Å². The molecule has 1 N–H and O–H groups in total. The Balaban J connectivity index is 1.86. The second kappa shape index (κ2) is 5.14. The van der Waals surface area contributed by atoms with E-state index in [0.29, 0.717) is 13.2 Å². The fraction of sp³-hybridized carbons (Fsp3) is 0.636. The van der Waals surface area contributed by atoms with Crippen LogP contribution in [-0.2, 0) is 11.3 Å². The monoisotopic (exact) mass is 305 g/mol. The van der Waals surface area contributed by atoms with Gasteiger partial charge in [-0.05, 0) is 40.0 Å². The van der Waals surface area contributed by atoms with E-state index < -0.39 is 0 Å². The summed E-state index contributed by atoms with van der Waals surface area (Å²) in [5, 5.41) is 11.5. The van der Waals surface area contributed by atoms with Crippen LogP contribution in [0.1, 0.15) is 5.56 Å². The molecule has 0 aliphatic carbocycles. The second-order valence-electron chi connectivity index (χ2n) is 4.58. The van der Waals surface area contributed by atoms with Crippen molar-refractivity contribution in [2.24, 2.45) is 5.41 Å². The lowest BCUT2D eigenvalue weighted by atomic mass is 9.86. The smallest absolute Gasteiger partial charge is 0.0701 e. The molecule has 1 aromatic rings. The third kappa shape index (κ3) is 2.84. The predicted molar refractivity (Wildman–Crippen MR) is 68.7 cm³/mol. The van der Waals surface area contributed by atoms with Gasteiger partial charge in [0.1, 0.15) is 0 Å². The van der Waals surface area contributed by atoms with Crippen molar-refractivity contribution in [2.45, 2.75) is 6.54 Å². The summed E-state index contributed by atoms with van der Waals surface area (Å²) in [6.07, 6.45) is 0. The predicted octanol–water partition coefficient (Wildman–Crippen LogP) is 1.95. The summed E-state index contributed by atoms with van der Waals surface area (Å²) < 4.78 is 6.36. The first kappa shape index (κ1) is 12.5. The van der Waals surface area contributed by atoms with Crippen LogP contribution < -0.4 is 0 Å². The van der Waals surface area contributed by atoms with E-state index in [-0.39, 0.29) is 12.0 Å². The highest BCUT2D eigenvalue weighted by atomic mass is 79.9. The van der Waals surface area contributed by atoms with Crippen molar-refractivity contribution < 1.29 is 9.84 Å². The normalized spacial score (nSPS) is 18.8. The van der Waals surface area contributed by atoms with Gasteiger partial charge in [-0.2, -0.15) is 0 Å². The molecule has 0 saturated carbocycles. The Morgan fingerprint density at radius 2 is 2.38 bits per heavy atom. The summed E-state index contributed by atoms with van der Waals surface area (Å²) in [5.41, 5.74) is 1.29. The number of aliphatic hydroxyl groups is 1. The van der Waals surface area contributed by atoms with Gasteiger partial charge in [0.05, 0.1) is 29.0 Å². The minimum absolute atomic E-state index is 0.0258. The summed E-state index contributed by atoms with van der Waals surface area (Å²) in [6, 6.07) is 2.14. The van der Waals surface area contributed by atoms with Gasteiger partial charge in [0.15, 0.2) is 0 Å². The summed E-state index contributed by atoms with van der Waals surface area (Å²) >= 11 is 5.17. The molecule has 2 rings (SSSR count). The van der Waals surface area contributed by atoms with Crippen molar-refractivity contribution in [1.29, 1.82) is 0 Å². The van der Waals surface area contributed by atoms with Crippen molar-refractivity contribution in [1.82, 2.24) is 4.90 Å². The van der Waals surface area contributed by atoms with Gasteiger partial charge >= 0.3 is 0 Å². The minimum Gasteiger partial charge on any atom is -0.396 e. The topological polar surface area (TPSA) is 32.7 Å². The fourth-order valence-corrected chi connectivity index (χ4v) is 3.19. The molecule has 1 fully saturated rings. The number of thiophene rings is 1. The lowest BCUT2D eigenvalue weighted by Crippen LogP contribution is -2.52. The number of hydrogen-bond acceptors (Lipinski definition) is 4. The molecule has 1 saturated heterocycles. The number of nitrogens with zero attached hydrogens (tertiary/aromatic N) is 1. The van der Waals surface area contributed by atoms with E-state index in [2.05, 4.69) is 39.3 Å². The van der Waals surface area contributed by atoms with Crippen LogP contribution in [0.2, 0.25) is 0 Å². The van der Waals surface area contributed by atoms with Crippen LogP contribution in [0.3, 0.4) is 0 Å². The van der Waals surface area contributed by atoms with E-state index in [1.165, 1.54) is 9.35 Å². The van der Waals surface area contributed by atoms with E-state index in [0.717, 1.165) is 13.1 Å². The third-order valence-electron chi connectivity index (χ3n) is 2.83. The molecule has 0 bridgehead atoms. The Hall–Kier alpha value is 0.0600.